The predicted octanol–water partition coefficient (Wildman–Crippen LogP) is 1.75. The van der Waals surface area contributed by atoms with Crippen molar-refractivity contribution in [1.82, 2.24) is 5.32 Å². The van der Waals surface area contributed by atoms with Crippen LogP contribution in [-0.4, -0.2) is 25.0 Å². The fourth-order valence-electron chi connectivity index (χ4n) is 1.72. The van der Waals surface area contributed by atoms with Crippen LogP contribution in [-0.2, 0) is 10.7 Å². The van der Waals surface area contributed by atoms with Crippen LogP contribution >= 0.6 is 11.6 Å². The summed E-state index contributed by atoms with van der Waals surface area (Å²) >= 11 is 5.91. The van der Waals surface area contributed by atoms with Crippen LogP contribution < -0.4 is 16.0 Å². The fraction of sp³-hybridized carbons (Fsp3) is 0.333. The highest BCUT2D eigenvalue weighted by atomic mass is 35.5. The predicted molar refractivity (Wildman–Crippen MR) is 74.2 cm³/mol. The maximum atomic E-state index is 11.0. The minimum atomic E-state index is -0.0990. The van der Waals surface area contributed by atoms with E-state index in [-0.39, 0.29) is 5.91 Å². The van der Waals surface area contributed by atoms with E-state index in [0.29, 0.717) is 5.88 Å². The molecule has 0 fully saturated rings. The van der Waals surface area contributed by atoms with Gasteiger partial charge in [-0.2, -0.15) is 0 Å². The Morgan fingerprint density at radius 2 is 2.39 bits per heavy atom. The van der Waals surface area contributed by atoms with E-state index in [1.54, 1.807) is 0 Å². The van der Waals surface area contributed by atoms with E-state index >= 15 is 0 Å². The van der Waals surface area contributed by atoms with E-state index in [1.165, 1.54) is 6.92 Å². The van der Waals surface area contributed by atoms with Gasteiger partial charge in [0.05, 0.1) is 6.54 Å². The number of rotatable bonds is 3. The Balaban J connectivity index is 2.17. The average molecular weight is 267 g/mol. The molecule has 18 heavy (non-hydrogen) atoms. The Morgan fingerprint density at radius 1 is 1.56 bits per heavy atom. The minimum Gasteiger partial charge on any atom is -0.354 e. The van der Waals surface area contributed by atoms with Gasteiger partial charge < -0.3 is 16.0 Å². The lowest BCUT2D eigenvalue weighted by atomic mass is 10.1. The Hall–Kier alpha value is -1.75. The maximum Gasteiger partial charge on any atom is 0.221 e. The largest absolute Gasteiger partial charge is 0.354 e. The van der Waals surface area contributed by atoms with Crippen LogP contribution in [0, 0.1) is 0 Å². The molecule has 0 aliphatic carbocycles. The van der Waals surface area contributed by atoms with Crippen LogP contribution in [0.3, 0.4) is 0 Å². The number of nitrogens with zero attached hydrogens (tertiary/aromatic N) is 1. The summed E-state index contributed by atoms with van der Waals surface area (Å²) in [6, 6.07) is 5.56. The summed E-state index contributed by atoms with van der Waals surface area (Å²) in [5.41, 5.74) is 2.55. The van der Waals surface area contributed by atoms with E-state index in [9.17, 15) is 4.79 Å². The molecule has 3 N–H and O–H groups in total. The monoisotopic (exact) mass is 266 g/mol. The molecule has 0 unspecified atom stereocenters. The molecule has 1 aromatic carbocycles. The highest BCUT2D eigenvalue weighted by Gasteiger charge is 2.09. The highest BCUT2D eigenvalue weighted by Crippen LogP contribution is 2.22. The quantitative estimate of drug-likeness (QED) is 0.731. The summed E-state index contributed by atoms with van der Waals surface area (Å²) in [5.74, 6) is 1.02. The molecule has 0 saturated heterocycles. The van der Waals surface area contributed by atoms with Crippen molar-refractivity contribution >= 4 is 34.8 Å². The molecule has 1 aliphatic heterocycles. The van der Waals surface area contributed by atoms with E-state index in [0.717, 1.165) is 36.0 Å². The van der Waals surface area contributed by atoms with Gasteiger partial charge in [-0.3, -0.25) is 9.79 Å². The average Bonchev–Trinajstić information content (AvgIpc) is 2.83. The summed E-state index contributed by atoms with van der Waals surface area (Å²) in [4.78, 5) is 15.2. The third-order valence-electron chi connectivity index (χ3n) is 2.50. The van der Waals surface area contributed by atoms with Gasteiger partial charge in [0.1, 0.15) is 0 Å². The van der Waals surface area contributed by atoms with Crippen molar-refractivity contribution in [2.24, 2.45) is 4.99 Å². The number of benzene rings is 1. The highest BCUT2D eigenvalue weighted by molar-refractivity contribution is 6.17. The lowest BCUT2D eigenvalue weighted by molar-refractivity contribution is -0.114. The molecular weight excluding hydrogens is 252 g/mol. The van der Waals surface area contributed by atoms with Crippen LogP contribution in [0.25, 0.3) is 0 Å². The number of amides is 1. The van der Waals surface area contributed by atoms with Crippen molar-refractivity contribution < 1.29 is 4.79 Å². The molecule has 5 nitrogen and oxygen atoms in total. The van der Waals surface area contributed by atoms with Gasteiger partial charge in [0.15, 0.2) is 5.96 Å². The van der Waals surface area contributed by atoms with Gasteiger partial charge in [-0.15, -0.1) is 11.6 Å². The summed E-state index contributed by atoms with van der Waals surface area (Å²) < 4.78 is 0. The van der Waals surface area contributed by atoms with Crippen LogP contribution in [0.15, 0.2) is 23.2 Å². The third-order valence-corrected chi connectivity index (χ3v) is 2.78. The summed E-state index contributed by atoms with van der Waals surface area (Å²) in [6.45, 7) is 3.11. The lowest BCUT2D eigenvalue weighted by Gasteiger charge is -2.12. The topological polar surface area (TPSA) is 65.5 Å². The van der Waals surface area contributed by atoms with Crippen LogP contribution in [0.1, 0.15) is 12.5 Å². The Bertz CT molecular complexity index is 487. The molecule has 96 valence electrons. The smallest absolute Gasteiger partial charge is 0.221 e. The fourth-order valence-corrected chi connectivity index (χ4v) is 1.94. The number of alkyl halides is 1. The van der Waals surface area contributed by atoms with Gasteiger partial charge in [0.2, 0.25) is 5.91 Å². The van der Waals surface area contributed by atoms with Crippen molar-refractivity contribution in [3.63, 3.8) is 0 Å². The normalized spacial score (nSPS) is 13.8. The second-order valence-corrected chi connectivity index (χ2v) is 4.24. The van der Waals surface area contributed by atoms with Gasteiger partial charge in [0.25, 0.3) is 0 Å². The van der Waals surface area contributed by atoms with Crippen molar-refractivity contribution in [3.8, 4) is 0 Å². The van der Waals surface area contributed by atoms with Gasteiger partial charge >= 0.3 is 0 Å². The third kappa shape index (κ3) is 3.13. The van der Waals surface area contributed by atoms with E-state index < -0.39 is 0 Å². The zero-order chi connectivity index (χ0) is 13.0. The molecule has 1 heterocycles. The van der Waals surface area contributed by atoms with Gasteiger partial charge in [-0.25, -0.2) is 0 Å². The number of guanidine groups is 1. The molecule has 6 heteroatoms. The number of carbonyl (C=O) groups is 1. The summed E-state index contributed by atoms with van der Waals surface area (Å²) in [7, 11) is 0. The second kappa shape index (κ2) is 5.73. The standard InChI is InChI=1S/C12H15ClN4O/c1-8(18)16-10-2-3-11(9(6-10)7-13)17-12-14-4-5-15-12/h2-3,6H,4-5,7H2,1H3,(H,16,18)(H2,14,15,17). The van der Waals surface area contributed by atoms with E-state index in [2.05, 4.69) is 20.9 Å². The molecule has 0 radical (unpaired) electrons. The van der Waals surface area contributed by atoms with Gasteiger partial charge in [-0.05, 0) is 23.8 Å². The lowest BCUT2D eigenvalue weighted by Crippen LogP contribution is -2.26. The molecule has 0 saturated carbocycles. The SMILES string of the molecule is CC(=O)Nc1ccc(NC2=NCCN2)c(CCl)c1. The Labute approximate surface area is 111 Å². The molecule has 1 amide bonds. The van der Waals surface area contributed by atoms with Crippen molar-refractivity contribution in [2.75, 3.05) is 23.7 Å². The molecule has 0 spiro atoms. The molecular formula is C12H15ClN4O. The summed E-state index contributed by atoms with van der Waals surface area (Å²) in [6.07, 6.45) is 0. The van der Waals surface area contributed by atoms with Crippen molar-refractivity contribution in [1.29, 1.82) is 0 Å². The van der Waals surface area contributed by atoms with Crippen molar-refractivity contribution in [3.05, 3.63) is 23.8 Å². The molecule has 0 aromatic heterocycles. The number of hydrogen-bond donors (Lipinski definition) is 3. The molecule has 1 aliphatic rings. The molecule has 1 aromatic rings. The number of carbonyl (C=O) groups excluding carboxylic acids is 1. The molecule has 0 atom stereocenters. The van der Waals surface area contributed by atoms with Crippen LogP contribution in [0.4, 0.5) is 11.4 Å². The zero-order valence-electron chi connectivity index (χ0n) is 10.1. The van der Waals surface area contributed by atoms with Crippen LogP contribution in [0.5, 0.6) is 0 Å². The number of halogens is 1. The first kappa shape index (κ1) is 12.7. The van der Waals surface area contributed by atoms with Gasteiger partial charge in [-0.1, -0.05) is 0 Å². The Morgan fingerprint density at radius 3 is 3.00 bits per heavy atom. The number of nitrogens with one attached hydrogen (secondary N) is 3. The van der Waals surface area contributed by atoms with E-state index in [1.807, 2.05) is 18.2 Å². The number of hydrogen-bond acceptors (Lipinski definition) is 4. The Kier molecular flexibility index (Phi) is 4.04. The second-order valence-electron chi connectivity index (χ2n) is 3.97. The first-order chi connectivity index (χ1) is 8.69. The maximum absolute atomic E-state index is 11.0. The van der Waals surface area contributed by atoms with Crippen LogP contribution in [0.2, 0.25) is 0 Å². The zero-order valence-corrected chi connectivity index (χ0v) is 10.8. The molecule has 0 bridgehead atoms. The van der Waals surface area contributed by atoms with E-state index in [4.69, 9.17) is 11.6 Å². The number of anilines is 2. The molecule has 2 rings (SSSR count). The number of aliphatic imine (C=N–C) groups is 1. The minimum absolute atomic E-state index is 0.0990. The first-order valence-corrected chi connectivity index (χ1v) is 6.24. The summed E-state index contributed by atoms with van der Waals surface area (Å²) in [5, 5.41) is 9.04. The first-order valence-electron chi connectivity index (χ1n) is 5.71. The van der Waals surface area contributed by atoms with Gasteiger partial charge in [0, 0.05) is 30.7 Å². The van der Waals surface area contributed by atoms with Crippen molar-refractivity contribution in [2.45, 2.75) is 12.8 Å².